The zero-order valence-corrected chi connectivity index (χ0v) is 21.0. The topological polar surface area (TPSA) is 102 Å². The number of nitrogens with zero attached hydrogens (tertiary/aromatic N) is 5. The molecule has 9 nitrogen and oxygen atoms in total. The fraction of sp³-hybridized carbons (Fsp3) is 0.240. The van der Waals surface area contributed by atoms with E-state index in [0.29, 0.717) is 58.4 Å². The third kappa shape index (κ3) is 4.45. The lowest BCUT2D eigenvalue weighted by Gasteiger charge is -2.36. The van der Waals surface area contributed by atoms with Crippen molar-refractivity contribution in [2.45, 2.75) is 13.5 Å². The van der Waals surface area contributed by atoms with Crippen LogP contribution in [0.15, 0.2) is 59.7 Å². The zero-order chi connectivity index (χ0) is 25.4. The zero-order valence-electron chi connectivity index (χ0n) is 19.4. The number of fused-ring (bicyclic) bond motifs is 1. The van der Waals surface area contributed by atoms with Crippen LogP contribution in [-0.4, -0.2) is 51.5 Å². The number of halogens is 1. The van der Waals surface area contributed by atoms with Crippen LogP contribution in [0.5, 0.6) is 0 Å². The van der Waals surface area contributed by atoms with Gasteiger partial charge in [0.25, 0.3) is 17.2 Å². The first-order chi connectivity index (χ1) is 17.3. The van der Waals surface area contributed by atoms with E-state index in [1.165, 1.54) is 34.4 Å². The van der Waals surface area contributed by atoms with E-state index in [4.69, 9.17) is 11.6 Å². The number of hydrogen-bond donors (Lipinski definition) is 0. The molecule has 1 fully saturated rings. The van der Waals surface area contributed by atoms with E-state index in [1.807, 2.05) is 18.2 Å². The van der Waals surface area contributed by atoms with E-state index in [0.717, 1.165) is 11.3 Å². The van der Waals surface area contributed by atoms with Crippen molar-refractivity contribution in [2.75, 3.05) is 31.1 Å². The van der Waals surface area contributed by atoms with Gasteiger partial charge in [0.15, 0.2) is 0 Å². The number of aromatic nitrogens is 2. The Balaban J connectivity index is 1.33. The van der Waals surface area contributed by atoms with E-state index in [2.05, 4.69) is 9.88 Å². The molecule has 5 rings (SSSR count). The average Bonchev–Trinajstić information content (AvgIpc) is 3.23. The third-order valence-corrected chi connectivity index (χ3v) is 7.96. The van der Waals surface area contributed by atoms with Gasteiger partial charge in [-0.2, -0.15) is 0 Å². The monoisotopic (exact) mass is 523 g/mol. The molecule has 2 aromatic carbocycles. The average molecular weight is 524 g/mol. The number of nitro groups is 1. The van der Waals surface area contributed by atoms with E-state index in [-0.39, 0.29) is 17.2 Å². The largest absolute Gasteiger partial charge is 0.368 e. The molecule has 4 aromatic rings. The van der Waals surface area contributed by atoms with Crippen molar-refractivity contribution in [1.29, 1.82) is 0 Å². The van der Waals surface area contributed by atoms with Gasteiger partial charge in [0.2, 0.25) is 0 Å². The minimum absolute atomic E-state index is 0.0485. The first-order valence-electron chi connectivity index (χ1n) is 11.3. The van der Waals surface area contributed by atoms with Crippen LogP contribution < -0.4 is 10.5 Å². The lowest BCUT2D eigenvalue weighted by Crippen LogP contribution is -2.48. The summed E-state index contributed by atoms with van der Waals surface area (Å²) in [5.74, 6) is -0.115. The molecule has 0 bridgehead atoms. The highest BCUT2D eigenvalue weighted by atomic mass is 35.5. The third-order valence-electron chi connectivity index (χ3n) is 6.40. The van der Waals surface area contributed by atoms with Crippen molar-refractivity contribution in [2.24, 2.45) is 0 Å². The number of hydrogen-bond acceptors (Lipinski definition) is 7. The van der Waals surface area contributed by atoms with Crippen molar-refractivity contribution < 1.29 is 9.72 Å². The van der Waals surface area contributed by atoms with Crippen LogP contribution in [0.1, 0.15) is 20.8 Å². The minimum atomic E-state index is -0.422. The Hall–Kier alpha value is -3.76. The van der Waals surface area contributed by atoms with Crippen LogP contribution in [0.4, 0.5) is 11.4 Å². The minimum Gasteiger partial charge on any atom is -0.368 e. The second kappa shape index (κ2) is 9.71. The van der Waals surface area contributed by atoms with Crippen LogP contribution in [0.3, 0.4) is 0 Å². The molecular weight excluding hydrogens is 502 g/mol. The molecule has 0 atom stereocenters. The van der Waals surface area contributed by atoms with Crippen LogP contribution in [-0.2, 0) is 6.54 Å². The fourth-order valence-electron chi connectivity index (χ4n) is 4.38. The molecule has 1 saturated heterocycles. The summed E-state index contributed by atoms with van der Waals surface area (Å²) in [6, 6.07) is 13.8. The molecule has 0 aliphatic carbocycles. The lowest BCUT2D eigenvalue weighted by atomic mass is 10.1. The van der Waals surface area contributed by atoms with Gasteiger partial charge in [-0.05, 0) is 36.2 Å². The molecule has 11 heteroatoms. The fourth-order valence-corrected chi connectivity index (χ4v) is 5.69. The van der Waals surface area contributed by atoms with Gasteiger partial charge in [-0.25, -0.2) is 4.98 Å². The number of carbonyl (C=O) groups is 1. The summed E-state index contributed by atoms with van der Waals surface area (Å²) in [5.41, 5.74) is 2.19. The molecule has 1 aliphatic rings. The van der Waals surface area contributed by atoms with Crippen molar-refractivity contribution in [1.82, 2.24) is 14.5 Å². The number of carbonyl (C=O) groups excluding carboxylic acids is 1. The van der Waals surface area contributed by atoms with Crippen LogP contribution in [0.2, 0.25) is 5.02 Å². The molecule has 0 saturated carbocycles. The normalized spacial score (nSPS) is 13.8. The van der Waals surface area contributed by atoms with Crippen LogP contribution >= 0.6 is 22.9 Å². The van der Waals surface area contributed by atoms with E-state index in [9.17, 15) is 19.7 Å². The summed E-state index contributed by atoms with van der Waals surface area (Å²) >= 11 is 7.50. The number of aryl methyl sites for hydroxylation is 1. The lowest BCUT2D eigenvalue weighted by molar-refractivity contribution is -0.384. The van der Waals surface area contributed by atoms with E-state index >= 15 is 0 Å². The van der Waals surface area contributed by atoms with Gasteiger partial charge >= 0.3 is 0 Å². The summed E-state index contributed by atoms with van der Waals surface area (Å²) in [4.78, 5) is 46.5. The van der Waals surface area contributed by atoms with Crippen molar-refractivity contribution in [3.8, 4) is 0 Å². The highest BCUT2D eigenvalue weighted by Gasteiger charge is 2.27. The van der Waals surface area contributed by atoms with Crippen molar-refractivity contribution in [3.05, 3.63) is 96.4 Å². The Bertz CT molecular complexity index is 1520. The van der Waals surface area contributed by atoms with Crippen molar-refractivity contribution in [3.63, 3.8) is 0 Å². The van der Waals surface area contributed by atoms with Crippen molar-refractivity contribution >= 4 is 50.4 Å². The molecule has 36 heavy (non-hydrogen) atoms. The maximum Gasteiger partial charge on any atom is 0.269 e. The molecule has 184 valence electrons. The van der Waals surface area contributed by atoms with Gasteiger partial charge in [0.1, 0.15) is 4.83 Å². The maximum atomic E-state index is 13.4. The van der Waals surface area contributed by atoms with Gasteiger partial charge in [-0.1, -0.05) is 29.8 Å². The summed E-state index contributed by atoms with van der Waals surface area (Å²) in [6.07, 6.45) is 1.50. The van der Waals surface area contributed by atoms with Gasteiger partial charge in [-0.15, -0.1) is 11.3 Å². The number of thiophene rings is 1. The van der Waals surface area contributed by atoms with Crippen LogP contribution in [0, 0.1) is 17.0 Å². The second-order valence-electron chi connectivity index (χ2n) is 8.56. The molecule has 1 aliphatic heterocycles. The molecule has 0 N–H and O–H groups in total. The number of anilines is 1. The summed E-state index contributed by atoms with van der Waals surface area (Å²) in [7, 11) is 0. The van der Waals surface area contributed by atoms with Gasteiger partial charge in [-0.3, -0.25) is 24.3 Å². The number of benzene rings is 2. The van der Waals surface area contributed by atoms with Gasteiger partial charge in [0.05, 0.1) is 28.1 Å². The first kappa shape index (κ1) is 24.0. The first-order valence-corrected chi connectivity index (χ1v) is 12.5. The Morgan fingerprint density at radius 3 is 2.47 bits per heavy atom. The van der Waals surface area contributed by atoms with Gasteiger partial charge < -0.3 is 9.80 Å². The summed E-state index contributed by atoms with van der Waals surface area (Å²) in [6.45, 7) is 4.32. The number of non-ortho nitro benzene ring substituents is 1. The SMILES string of the molecule is Cc1c(C(=O)N2CCN(c3ccc([N+](=O)[O-])cc3)CC2)sc2ncn(Cc3ccccc3Cl)c(=O)c12. The number of piperazine rings is 1. The Kier molecular flexibility index (Phi) is 6.46. The Morgan fingerprint density at radius 1 is 1.11 bits per heavy atom. The molecule has 0 unspecified atom stereocenters. The molecule has 1 amide bonds. The van der Waals surface area contributed by atoms with Gasteiger partial charge in [0, 0.05) is 49.0 Å². The molecule has 3 heterocycles. The number of amides is 1. The standard InChI is InChI=1S/C25H22ClN5O4S/c1-16-21-23(27-15-30(24(21)32)14-17-4-2-3-5-20(17)26)36-22(16)25(33)29-12-10-28(11-13-29)18-6-8-19(9-7-18)31(34)35/h2-9,15H,10-14H2,1H3. The Morgan fingerprint density at radius 2 is 1.81 bits per heavy atom. The predicted octanol–water partition coefficient (Wildman–Crippen LogP) is 4.34. The van der Waals surface area contributed by atoms with E-state index < -0.39 is 4.92 Å². The highest BCUT2D eigenvalue weighted by molar-refractivity contribution is 7.20. The van der Waals surface area contributed by atoms with Crippen LogP contribution in [0.25, 0.3) is 10.2 Å². The predicted molar refractivity (Wildman–Crippen MR) is 140 cm³/mol. The second-order valence-corrected chi connectivity index (χ2v) is 9.96. The molecule has 0 radical (unpaired) electrons. The quantitative estimate of drug-likeness (QED) is 0.285. The molecule has 0 spiro atoms. The Labute approximate surface area is 215 Å². The highest BCUT2D eigenvalue weighted by Crippen LogP contribution is 2.29. The molecular formula is C25H22ClN5O4S. The summed E-state index contributed by atoms with van der Waals surface area (Å²) < 4.78 is 1.51. The number of nitro benzene ring substituents is 1. The smallest absolute Gasteiger partial charge is 0.269 e. The maximum absolute atomic E-state index is 13.4. The molecule has 2 aromatic heterocycles. The number of rotatable bonds is 5. The van der Waals surface area contributed by atoms with E-state index in [1.54, 1.807) is 30.0 Å². The summed E-state index contributed by atoms with van der Waals surface area (Å²) in [5, 5.41) is 11.9.